The maximum absolute atomic E-state index is 13.3. The van der Waals surface area contributed by atoms with Crippen LogP contribution in [0.25, 0.3) is 0 Å². The maximum Gasteiger partial charge on any atom is 0.193 e. The highest BCUT2D eigenvalue weighted by atomic mass is 35.5. The van der Waals surface area contributed by atoms with Crippen LogP contribution in [0.1, 0.15) is 12.8 Å². The molecule has 1 saturated carbocycles. The highest BCUT2D eigenvalue weighted by Crippen LogP contribution is 2.26. The number of rotatable bonds is 2. The van der Waals surface area contributed by atoms with Crippen LogP contribution in [0.15, 0.2) is 23.2 Å². The van der Waals surface area contributed by atoms with Gasteiger partial charge in [0.2, 0.25) is 0 Å². The molecule has 3 nitrogen and oxygen atoms in total. The zero-order valence-electron chi connectivity index (χ0n) is 8.00. The molecule has 2 rings (SSSR count). The minimum Gasteiger partial charge on any atom is -0.370 e. The quantitative estimate of drug-likeness (QED) is 0.602. The number of para-hydroxylation sites is 1. The summed E-state index contributed by atoms with van der Waals surface area (Å²) >= 11 is 5.81. The van der Waals surface area contributed by atoms with Gasteiger partial charge in [-0.25, -0.2) is 9.38 Å². The third-order valence-corrected chi connectivity index (χ3v) is 2.40. The van der Waals surface area contributed by atoms with Crippen molar-refractivity contribution in [2.75, 3.05) is 5.32 Å². The zero-order valence-corrected chi connectivity index (χ0v) is 8.76. The minimum absolute atomic E-state index is 0.182. The van der Waals surface area contributed by atoms with Crippen LogP contribution in [0.3, 0.4) is 0 Å². The van der Waals surface area contributed by atoms with E-state index in [9.17, 15) is 4.39 Å². The van der Waals surface area contributed by atoms with Crippen LogP contribution in [-0.4, -0.2) is 12.0 Å². The summed E-state index contributed by atoms with van der Waals surface area (Å²) in [4.78, 5) is 4.12. The second-order valence-corrected chi connectivity index (χ2v) is 3.87. The molecule has 3 N–H and O–H groups in total. The summed E-state index contributed by atoms with van der Waals surface area (Å²) in [6, 6.07) is 4.75. The number of nitrogens with one attached hydrogen (secondary N) is 1. The Hall–Kier alpha value is -1.29. The SMILES string of the molecule is NC(=NC1CC1)Nc1c(F)cccc1Cl. The van der Waals surface area contributed by atoms with Crippen LogP contribution in [0.5, 0.6) is 0 Å². The molecule has 0 heterocycles. The molecule has 1 aromatic carbocycles. The molecule has 0 aromatic heterocycles. The van der Waals surface area contributed by atoms with Crippen LogP contribution >= 0.6 is 11.6 Å². The molecule has 0 radical (unpaired) electrons. The van der Waals surface area contributed by atoms with Crippen molar-refractivity contribution in [2.45, 2.75) is 18.9 Å². The lowest BCUT2D eigenvalue weighted by Gasteiger charge is -2.08. The van der Waals surface area contributed by atoms with Crippen molar-refractivity contribution >= 4 is 23.2 Å². The van der Waals surface area contributed by atoms with E-state index in [0.29, 0.717) is 11.1 Å². The molecule has 0 atom stereocenters. The summed E-state index contributed by atoms with van der Waals surface area (Å²) < 4.78 is 13.3. The molecular weight excluding hydrogens is 217 g/mol. The van der Waals surface area contributed by atoms with Crippen molar-refractivity contribution in [3.05, 3.63) is 29.0 Å². The predicted molar refractivity (Wildman–Crippen MR) is 59.7 cm³/mol. The summed E-state index contributed by atoms with van der Waals surface area (Å²) in [6.45, 7) is 0. The molecule has 1 aliphatic rings. The second-order valence-electron chi connectivity index (χ2n) is 3.47. The van der Waals surface area contributed by atoms with Gasteiger partial charge in [-0.1, -0.05) is 17.7 Å². The van der Waals surface area contributed by atoms with Crippen LogP contribution in [0, 0.1) is 5.82 Å². The number of hydrogen-bond donors (Lipinski definition) is 2. The minimum atomic E-state index is -0.434. The lowest BCUT2D eigenvalue weighted by molar-refractivity contribution is 0.632. The first-order valence-corrected chi connectivity index (χ1v) is 5.09. The number of anilines is 1. The van der Waals surface area contributed by atoms with Gasteiger partial charge in [-0.15, -0.1) is 0 Å². The first-order valence-electron chi connectivity index (χ1n) is 4.71. The molecule has 0 amide bonds. The fraction of sp³-hybridized carbons (Fsp3) is 0.300. The normalized spacial score (nSPS) is 16.5. The van der Waals surface area contributed by atoms with Gasteiger partial charge in [0, 0.05) is 0 Å². The molecular formula is C10H11ClFN3. The topological polar surface area (TPSA) is 50.4 Å². The van der Waals surface area contributed by atoms with Gasteiger partial charge in [-0.2, -0.15) is 0 Å². The Morgan fingerprint density at radius 1 is 1.53 bits per heavy atom. The van der Waals surface area contributed by atoms with Crippen molar-refractivity contribution in [1.29, 1.82) is 0 Å². The van der Waals surface area contributed by atoms with Gasteiger partial charge in [0.15, 0.2) is 5.96 Å². The summed E-state index contributed by atoms with van der Waals surface area (Å²) in [6.07, 6.45) is 2.10. The first kappa shape index (κ1) is 10.2. The smallest absolute Gasteiger partial charge is 0.193 e. The van der Waals surface area contributed by atoms with E-state index in [1.54, 1.807) is 6.07 Å². The highest BCUT2D eigenvalue weighted by molar-refractivity contribution is 6.33. The first-order chi connectivity index (χ1) is 7.16. The molecule has 80 valence electrons. The Morgan fingerprint density at radius 2 is 2.27 bits per heavy atom. The zero-order chi connectivity index (χ0) is 10.8. The number of aliphatic imine (C=N–C) groups is 1. The van der Waals surface area contributed by atoms with Crippen molar-refractivity contribution in [2.24, 2.45) is 10.7 Å². The van der Waals surface area contributed by atoms with Gasteiger partial charge in [-0.05, 0) is 25.0 Å². The van der Waals surface area contributed by atoms with Crippen molar-refractivity contribution in [3.8, 4) is 0 Å². The number of hydrogen-bond acceptors (Lipinski definition) is 1. The monoisotopic (exact) mass is 227 g/mol. The van der Waals surface area contributed by atoms with E-state index in [1.807, 2.05) is 0 Å². The number of nitrogens with zero attached hydrogens (tertiary/aromatic N) is 1. The van der Waals surface area contributed by atoms with E-state index >= 15 is 0 Å². The molecule has 1 aliphatic carbocycles. The Labute approximate surface area is 92.1 Å². The molecule has 0 unspecified atom stereocenters. The average molecular weight is 228 g/mol. The molecule has 1 aromatic rings. The largest absolute Gasteiger partial charge is 0.370 e. The van der Waals surface area contributed by atoms with E-state index in [0.717, 1.165) is 12.8 Å². The fourth-order valence-electron chi connectivity index (χ4n) is 1.18. The van der Waals surface area contributed by atoms with Gasteiger partial charge >= 0.3 is 0 Å². The van der Waals surface area contributed by atoms with Crippen LogP contribution in [0.4, 0.5) is 10.1 Å². The number of guanidine groups is 1. The van der Waals surface area contributed by atoms with Crippen molar-refractivity contribution < 1.29 is 4.39 Å². The number of nitrogens with two attached hydrogens (primary N) is 1. The van der Waals surface area contributed by atoms with E-state index in [-0.39, 0.29) is 11.6 Å². The highest BCUT2D eigenvalue weighted by Gasteiger charge is 2.20. The molecule has 1 fully saturated rings. The van der Waals surface area contributed by atoms with Gasteiger partial charge in [0.05, 0.1) is 16.8 Å². The van der Waals surface area contributed by atoms with E-state index in [2.05, 4.69) is 10.3 Å². The fourth-order valence-corrected chi connectivity index (χ4v) is 1.39. The van der Waals surface area contributed by atoms with Gasteiger partial charge < -0.3 is 11.1 Å². The standard InChI is InChI=1S/C10H11ClFN3/c11-7-2-1-3-8(12)9(7)15-10(13)14-6-4-5-6/h1-3,6H,4-5H2,(H3,13,14,15). The lowest BCUT2D eigenvalue weighted by atomic mass is 10.3. The Kier molecular flexibility index (Phi) is 2.77. The lowest BCUT2D eigenvalue weighted by Crippen LogP contribution is -2.23. The molecule has 0 bridgehead atoms. The molecule has 15 heavy (non-hydrogen) atoms. The summed E-state index contributed by atoms with van der Waals surface area (Å²) in [5.41, 5.74) is 5.78. The third-order valence-electron chi connectivity index (χ3n) is 2.08. The van der Waals surface area contributed by atoms with Crippen LogP contribution < -0.4 is 11.1 Å². The molecule has 0 aliphatic heterocycles. The second kappa shape index (κ2) is 4.06. The van der Waals surface area contributed by atoms with Crippen LogP contribution in [0.2, 0.25) is 5.02 Å². The van der Waals surface area contributed by atoms with E-state index in [4.69, 9.17) is 17.3 Å². The van der Waals surface area contributed by atoms with Gasteiger partial charge in [-0.3, -0.25) is 0 Å². The third kappa shape index (κ3) is 2.59. The van der Waals surface area contributed by atoms with Crippen LogP contribution in [-0.2, 0) is 0 Å². The molecule has 0 saturated heterocycles. The Morgan fingerprint density at radius 3 is 2.87 bits per heavy atom. The predicted octanol–water partition coefficient (Wildman–Crippen LogP) is 2.37. The van der Waals surface area contributed by atoms with Gasteiger partial charge in [0.1, 0.15) is 5.82 Å². The summed E-state index contributed by atoms with van der Waals surface area (Å²) in [5, 5.41) is 2.97. The number of benzene rings is 1. The Bertz CT molecular complexity index is 381. The average Bonchev–Trinajstić information content (AvgIpc) is 2.95. The molecule has 0 spiro atoms. The van der Waals surface area contributed by atoms with Crippen molar-refractivity contribution in [1.82, 2.24) is 0 Å². The summed E-state index contributed by atoms with van der Waals surface area (Å²) in [7, 11) is 0. The van der Waals surface area contributed by atoms with E-state index < -0.39 is 5.82 Å². The van der Waals surface area contributed by atoms with Crippen molar-refractivity contribution in [3.63, 3.8) is 0 Å². The van der Waals surface area contributed by atoms with Gasteiger partial charge in [0.25, 0.3) is 0 Å². The Balaban J connectivity index is 2.15. The molecule has 5 heteroatoms. The maximum atomic E-state index is 13.3. The van der Waals surface area contributed by atoms with E-state index in [1.165, 1.54) is 12.1 Å². The number of halogens is 2. The summed E-state index contributed by atoms with van der Waals surface area (Å²) in [5.74, 6) is -0.221.